The molecule has 2 aromatic rings. The van der Waals surface area contributed by atoms with Gasteiger partial charge in [-0.25, -0.2) is 0 Å². The molecule has 0 saturated heterocycles. The smallest absolute Gasteiger partial charge is 0.254 e. The highest BCUT2D eigenvalue weighted by Gasteiger charge is 2.27. The fourth-order valence-electron chi connectivity index (χ4n) is 2.86. The number of carbonyl (C=O) groups is 1. The molecule has 2 heterocycles. The van der Waals surface area contributed by atoms with Gasteiger partial charge in [0, 0.05) is 6.04 Å². The monoisotopic (exact) mass is 332 g/mol. The number of carbonyl (C=O) groups excluding carboxylic acids is 1. The van der Waals surface area contributed by atoms with Crippen molar-refractivity contribution in [2.45, 2.75) is 39.0 Å². The lowest BCUT2D eigenvalue weighted by atomic mass is 9.97. The fraction of sp³-hybridized carbons (Fsp3) is 0.438. The van der Waals surface area contributed by atoms with E-state index < -0.39 is 6.10 Å². The molecule has 1 atom stereocenters. The quantitative estimate of drug-likeness (QED) is 0.844. The summed E-state index contributed by atoms with van der Waals surface area (Å²) in [6.07, 6.45) is 0.278. The molecule has 0 unspecified atom stereocenters. The summed E-state index contributed by atoms with van der Waals surface area (Å²) in [5.74, 6) is 0.559. The largest absolute Gasteiger partial charge is 0.363 e. The Morgan fingerprint density at radius 2 is 2.30 bits per heavy atom. The molecule has 1 aliphatic rings. The van der Waals surface area contributed by atoms with E-state index in [1.807, 2.05) is 42.7 Å². The van der Waals surface area contributed by atoms with Crippen molar-refractivity contribution in [2.75, 3.05) is 6.61 Å². The van der Waals surface area contributed by atoms with Crippen molar-refractivity contribution in [2.24, 2.45) is 0 Å². The molecule has 0 spiro atoms. The van der Waals surface area contributed by atoms with Gasteiger partial charge in [-0.1, -0.05) is 24.3 Å². The van der Waals surface area contributed by atoms with Crippen molar-refractivity contribution in [3.05, 3.63) is 46.0 Å². The summed E-state index contributed by atoms with van der Waals surface area (Å²) < 4.78 is 8.12. The first-order valence-electron chi connectivity index (χ1n) is 7.71. The van der Waals surface area contributed by atoms with Gasteiger partial charge in [-0.3, -0.25) is 9.89 Å². The molecule has 6 nitrogen and oxygen atoms in total. The number of hydrogen-bond donors (Lipinski definition) is 2. The van der Waals surface area contributed by atoms with Gasteiger partial charge in [0.25, 0.3) is 5.91 Å². The lowest BCUT2D eigenvalue weighted by Crippen LogP contribution is -2.34. The molecular weight excluding hydrogens is 312 g/mol. The molecule has 1 aliphatic heterocycles. The Hall–Kier alpha value is -1.99. The van der Waals surface area contributed by atoms with E-state index in [9.17, 15) is 4.79 Å². The summed E-state index contributed by atoms with van der Waals surface area (Å²) in [6.45, 7) is 4.92. The Labute approximate surface area is 139 Å². The zero-order chi connectivity index (χ0) is 16.4. The Kier molecular flexibility index (Phi) is 4.58. The van der Waals surface area contributed by atoms with Crippen LogP contribution in [0.5, 0.6) is 0 Å². The number of H-pyrrole nitrogens is 1. The van der Waals surface area contributed by atoms with Gasteiger partial charge in [-0.05, 0) is 43.6 Å². The van der Waals surface area contributed by atoms with Gasteiger partial charge in [0.1, 0.15) is 0 Å². The minimum Gasteiger partial charge on any atom is -0.363 e. The minimum absolute atomic E-state index is 0.152. The molecule has 0 aliphatic carbocycles. The summed E-state index contributed by atoms with van der Waals surface area (Å²) in [7, 11) is 0. The van der Waals surface area contributed by atoms with E-state index in [4.69, 9.17) is 17.0 Å². The molecule has 0 fully saturated rings. The Balaban J connectivity index is 1.73. The third-order valence-corrected chi connectivity index (χ3v) is 4.23. The maximum Gasteiger partial charge on any atom is 0.254 e. The number of benzene rings is 1. The standard InChI is InChI=1S/C16H20N4O2S/c1-10(2)20-13(18-19-16(20)23)9-17-15(21)14-12-6-4-3-5-11(12)7-8-22-14/h3-6,10,14H,7-9H2,1-2H3,(H,17,21)(H,19,23)/t14-/m1/s1. The van der Waals surface area contributed by atoms with Crippen molar-refractivity contribution in [1.82, 2.24) is 20.1 Å². The number of nitrogens with zero attached hydrogens (tertiary/aromatic N) is 2. The van der Waals surface area contributed by atoms with E-state index in [0.29, 0.717) is 23.7 Å². The van der Waals surface area contributed by atoms with Crippen LogP contribution in [0.1, 0.15) is 42.9 Å². The molecule has 2 N–H and O–H groups in total. The first-order chi connectivity index (χ1) is 11.1. The van der Waals surface area contributed by atoms with Crippen LogP contribution in [-0.4, -0.2) is 27.3 Å². The number of amides is 1. The van der Waals surface area contributed by atoms with Crippen molar-refractivity contribution >= 4 is 18.1 Å². The molecule has 3 rings (SSSR count). The predicted octanol–water partition coefficient (Wildman–Crippen LogP) is 2.45. The lowest BCUT2D eigenvalue weighted by molar-refractivity contribution is -0.134. The lowest BCUT2D eigenvalue weighted by Gasteiger charge is -2.25. The van der Waals surface area contributed by atoms with E-state index in [1.54, 1.807) is 0 Å². The molecule has 1 aromatic carbocycles. The average Bonchev–Trinajstić information content (AvgIpc) is 2.93. The second-order valence-electron chi connectivity index (χ2n) is 5.83. The van der Waals surface area contributed by atoms with Crippen molar-refractivity contribution in [3.8, 4) is 0 Å². The summed E-state index contributed by atoms with van der Waals surface area (Å²) in [4.78, 5) is 12.5. The number of hydrogen-bond acceptors (Lipinski definition) is 4. The van der Waals surface area contributed by atoms with Gasteiger partial charge < -0.3 is 14.6 Å². The predicted molar refractivity (Wildman–Crippen MR) is 88.5 cm³/mol. The van der Waals surface area contributed by atoms with Gasteiger partial charge >= 0.3 is 0 Å². The second kappa shape index (κ2) is 6.64. The van der Waals surface area contributed by atoms with Crippen LogP contribution >= 0.6 is 12.2 Å². The molecule has 7 heteroatoms. The number of aromatic nitrogens is 3. The molecule has 122 valence electrons. The van der Waals surface area contributed by atoms with E-state index in [1.165, 1.54) is 5.56 Å². The normalized spacial score (nSPS) is 17.1. The molecule has 0 bridgehead atoms. The van der Waals surface area contributed by atoms with Crippen LogP contribution in [0.4, 0.5) is 0 Å². The van der Waals surface area contributed by atoms with E-state index >= 15 is 0 Å². The first-order valence-corrected chi connectivity index (χ1v) is 8.11. The average molecular weight is 332 g/mol. The highest BCUT2D eigenvalue weighted by Crippen LogP contribution is 2.27. The highest BCUT2D eigenvalue weighted by atomic mass is 32.1. The molecule has 0 radical (unpaired) electrons. The van der Waals surface area contributed by atoms with Crippen LogP contribution in [0, 0.1) is 4.77 Å². The fourth-order valence-corrected chi connectivity index (χ4v) is 3.23. The zero-order valence-corrected chi connectivity index (χ0v) is 14.0. The van der Waals surface area contributed by atoms with Crippen LogP contribution < -0.4 is 5.32 Å². The summed E-state index contributed by atoms with van der Waals surface area (Å²) in [5, 5.41) is 9.86. The van der Waals surface area contributed by atoms with Gasteiger partial charge in [0.15, 0.2) is 16.7 Å². The maximum absolute atomic E-state index is 12.5. The van der Waals surface area contributed by atoms with E-state index in [-0.39, 0.29) is 11.9 Å². The molecule has 0 saturated carbocycles. The Bertz CT molecular complexity index is 765. The Morgan fingerprint density at radius 3 is 3.09 bits per heavy atom. The summed E-state index contributed by atoms with van der Waals surface area (Å²) in [6, 6.07) is 8.09. The third kappa shape index (κ3) is 3.20. The summed E-state index contributed by atoms with van der Waals surface area (Å²) in [5.41, 5.74) is 2.11. The van der Waals surface area contributed by atoms with Crippen molar-refractivity contribution < 1.29 is 9.53 Å². The van der Waals surface area contributed by atoms with E-state index in [0.717, 1.165) is 12.0 Å². The van der Waals surface area contributed by atoms with Gasteiger partial charge in [0.05, 0.1) is 13.2 Å². The van der Waals surface area contributed by atoms with Crippen molar-refractivity contribution in [1.29, 1.82) is 0 Å². The molecular formula is C16H20N4O2S. The van der Waals surface area contributed by atoms with Gasteiger partial charge in [-0.2, -0.15) is 5.10 Å². The third-order valence-electron chi connectivity index (χ3n) is 3.95. The van der Waals surface area contributed by atoms with Gasteiger partial charge in [-0.15, -0.1) is 0 Å². The maximum atomic E-state index is 12.5. The SMILES string of the molecule is CC(C)n1c(CNC(=O)[C@@H]2OCCc3ccccc32)n[nH]c1=S. The van der Waals surface area contributed by atoms with Crippen LogP contribution in [0.15, 0.2) is 24.3 Å². The minimum atomic E-state index is -0.561. The highest BCUT2D eigenvalue weighted by molar-refractivity contribution is 7.71. The van der Waals surface area contributed by atoms with Crippen LogP contribution in [0.25, 0.3) is 0 Å². The second-order valence-corrected chi connectivity index (χ2v) is 6.21. The molecule has 1 amide bonds. The van der Waals surface area contributed by atoms with Crippen LogP contribution in [-0.2, 0) is 22.5 Å². The van der Waals surface area contributed by atoms with Crippen molar-refractivity contribution in [3.63, 3.8) is 0 Å². The van der Waals surface area contributed by atoms with Gasteiger partial charge in [0.2, 0.25) is 0 Å². The summed E-state index contributed by atoms with van der Waals surface area (Å²) >= 11 is 5.21. The van der Waals surface area contributed by atoms with Crippen LogP contribution in [0.3, 0.4) is 0 Å². The number of rotatable bonds is 4. The Morgan fingerprint density at radius 1 is 1.52 bits per heavy atom. The van der Waals surface area contributed by atoms with E-state index in [2.05, 4.69) is 15.5 Å². The van der Waals surface area contributed by atoms with Crippen LogP contribution in [0.2, 0.25) is 0 Å². The first kappa shape index (κ1) is 15.9. The number of aromatic amines is 1. The molecule has 1 aromatic heterocycles. The number of fused-ring (bicyclic) bond motifs is 1. The number of nitrogens with one attached hydrogen (secondary N) is 2. The number of ether oxygens (including phenoxy) is 1. The zero-order valence-electron chi connectivity index (χ0n) is 13.2. The molecule has 23 heavy (non-hydrogen) atoms. The topological polar surface area (TPSA) is 71.9 Å².